The summed E-state index contributed by atoms with van der Waals surface area (Å²) in [6.07, 6.45) is 0. The summed E-state index contributed by atoms with van der Waals surface area (Å²) in [4.78, 5) is 11.8. The van der Waals surface area contributed by atoms with Gasteiger partial charge >= 0.3 is 0 Å². The molecule has 4 heteroatoms. The zero-order chi connectivity index (χ0) is 12.6. The molecule has 0 saturated heterocycles. The molecule has 0 atom stereocenters. The maximum absolute atomic E-state index is 12.8. The Balaban J connectivity index is 2.50. The molecule has 2 rings (SSSR count). The van der Waals surface area contributed by atoms with Gasteiger partial charge in [0.1, 0.15) is 5.82 Å². The summed E-state index contributed by atoms with van der Waals surface area (Å²) in [5.41, 5.74) is 1.23. The number of hydrogen-bond donors (Lipinski definition) is 1. The molecule has 17 heavy (non-hydrogen) atoms. The van der Waals surface area contributed by atoms with Crippen LogP contribution < -0.4 is 5.56 Å². The van der Waals surface area contributed by atoms with Gasteiger partial charge in [-0.25, -0.2) is 9.07 Å². The fourth-order valence-electron chi connectivity index (χ4n) is 1.56. The van der Waals surface area contributed by atoms with Gasteiger partial charge in [0.2, 0.25) is 0 Å². The minimum atomic E-state index is -0.315. The summed E-state index contributed by atoms with van der Waals surface area (Å²) in [6, 6.07) is 7.38. The van der Waals surface area contributed by atoms with Gasteiger partial charge in [-0.15, -0.1) is 0 Å². The SMILES string of the molecule is CC(C)(C)c1cc(=O)n(-c2ccc(F)cc2)[nH]1. The Morgan fingerprint density at radius 1 is 1.18 bits per heavy atom. The molecule has 0 bridgehead atoms. The summed E-state index contributed by atoms with van der Waals surface area (Å²) in [7, 11) is 0. The van der Waals surface area contributed by atoms with E-state index in [0.29, 0.717) is 5.69 Å². The smallest absolute Gasteiger partial charge is 0.271 e. The van der Waals surface area contributed by atoms with E-state index in [2.05, 4.69) is 5.10 Å². The second kappa shape index (κ2) is 3.87. The molecular formula is C13H15FN2O. The molecule has 0 aliphatic heterocycles. The normalized spacial score (nSPS) is 11.8. The van der Waals surface area contributed by atoms with Crippen molar-refractivity contribution in [3.8, 4) is 5.69 Å². The summed E-state index contributed by atoms with van der Waals surface area (Å²) < 4.78 is 14.2. The van der Waals surface area contributed by atoms with Crippen LogP contribution in [0, 0.1) is 5.82 Å². The summed E-state index contributed by atoms with van der Waals surface area (Å²) in [5, 5.41) is 3.04. The minimum absolute atomic E-state index is 0.121. The predicted octanol–water partition coefficient (Wildman–Crippen LogP) is 2.60. The molecule has 0 saturated carbocycles. The fraction of sp³-hybridized carbons (Fsp3) is 0.308. The number of hydrogen-bond acceptors (Lipinski definition) is 1. The number of halogens is 1. The highest BCUT2D eigenvalue weighted by molar-refractivity contribution is 5.31. The molecule has 1 aromatic heterocycles. The number of benzene rings is 1. The third kappa shape index (κ3) is 2.30. The van der Waals surface area contributed by atoms with Crippen LogP contribution in [0.2, 0.25) is 0 Å². The van der Waals surface area contributed by atoms with E-state index in [-0.39, 0.29) is 16.8 Å². The molecule has 1 heterocycles. The average Bonchev–Trinajstić information content (AvgIpc) is 2.61. The van der Waals surface area contributed by atoms with Crippen molar-refractivity contribution in [1.29, 1.82) is 0 Å². The Hall–Kier alpha value is -1.84. The van der Waals surface area contributed by atoms with Crippen molar-refractivity contribution in [2.45, 2.75) is 26.2 Å². The average molecular weight is 234 g/mol. The van der Waals surface area contributed by atoms with Crippen molar-refractivity contribution in [2.24, 2.45) is 0 Å². The lowest BCUT2D eigenvalue weighted by molar-refractivity contribution is 0.560. The van der Waals surface area contributed by atoms with Gasteiger partial charge in [0.05, 0.1) is 5.69 Å². The summed E-state index contributed by atoms with van der Waals surface area (Å²) in [5.74, 6) is -0.315. The van der Waals surface area contributed by atoms with Crippen molar-refractivity contribution in [3.63, 3.8) is 0 Å². The molecule has 3 nitrogen and oxygen atoms in total. The molecule has 1 N–H and O–H groups in total. The van der Waals surface area contributed by atoms with Crippen LogP contribution in [0.15, 0.2) is 35.1 Å². The predicted molar refractivity (Wildman–Crippen MR) is 65.0 cm³/mol. The van der Waals surface area contributed by atoms with E-state index in [1.165, 1.54) is 16.8 Å². The first-order valence-corrected chi connectivity index (χ1v) is 5.46. The van der Waals surface area contributed by atoms with E-state index >= 15 is 0 Å². The minimum Gasteiger partial charge on any atom is -0.294 e. The lowest BCUT2D eigenvalue weighted by Crippen LogP contribution is -2.14. The Kier molecular flexibility index (Phi) is 2.65. The molecular weight excluding hydrogens is 219 g/mol. The first kappa shape index (κ1) is 11.6. The van der Waals surface area contributed by atoms with Gasteiger partial charge < -0.3 is 0 Å². The highest BCUT2D eigenvalue weighted by Gasteiger charge is 2.17. The van der Waals surface area contributed by atoms with E-state index in [0.717, 1.165) is 5.69 Å². The second-order valence-corrected chi connectivity index (χ2v) is 5.07. The van der Waals surface area contributed by atoms with Gasteiger partial charge in [0, 0.05) is 17.2 Å². The number of H-pyrrole nitrogens is 1. The maximum Gasteiger partial charge on any atom is 0.271 e. The Morgan fingerprint density at radius 3 is 2.24 bits per heavy atom. The van der Waals surface area contributed by atoms with Crippen LogP contribution in [-0.4, -0.2) is 9.78 Å². The molecule has 0 unspecified atom stereocenters. The zero-order valence-corrected chi connectivity index (χ0v) is 10.1. The van der Waals surface area contributed by atoms with Crippen LogP contribution in [0.3, 0.4) is 0 Å². The third-order valence-corrected chi connectivity index (χ3v) is 2.61. The van der Waals surface area contributed by atoms with Gasteiger partial charge in [-0.2, -0.15) is 0 Å². The maximum atomic E-state index is 12.8. The first-order valence-electron chi connectivity index (χ1n) is 5.46. The molecule has 0 radical (unpaired) electrons. The Morgan fingerprint density at radius 2 is 1.76 bits per heavy atom. The first-order chi connectivity index (χ1) is 7.88. The number of rotatable bonds is 1. The largest absolute Gasteiger partial charge is 0.294 e. The van der Waals surface area contributed by atoms with Gasteiger partial charge in [-0.1, -0.05) is 20.8 Å². The standard InChI is InChI=1S/C13H15FN2O/c1-13(2,3)11-8-12(17)16(15-11)10-6-4-9(14)5-7-10/h4-8,15H,1-3H3. The van der Waals surface area contributed by atoms with Gasteiger partial charge in [-0.3, -0.25) is 9.89 Å². The van der Waals surface area contributed by atoms with E-state index in [1.54, 1.807) is 18.2 Å². The van der Waals surface area contributed by atoms with Gasteiger partial charge in [-0.05, 0) is 24.3 Å². The molecule has 0 aliphatic carbocycles. The van der Waals surface area contributed by atoms with Crippen LogP contribution in [0.25, 0.3) is 5.69 Å². The van der Waals surface area contributed by atoms with E-state index in [9.17, 15) is 9.18 Å². The molecule has 90 valence electrons. The van der Waals surface area contributed by atoms with Crippen LogP contribution in [0.5, 0.6) is 0 Å². The molecule has 0 spiro atoms. The van der Waals surface area contributed by atoms with Crippen molar-refractivity contribution < 1.29 is 4.39 Å². The third-order valence-electron chi connectivity index (χ3n) is 2.61. The van der Waals surface area contributed by atoms with Gasteiger partial charge in [0.25, 0.3) is 5.56 Å². The summed E-state index contributed by atoms with van der Waals surface area (Å²) >= 11 is 0. The zero-order valence-electron chi connectivity index (χ0n) is 10.1. The number of aromatic nitrogens is 2. The molecule has 0 fully saturated rings. The highest BCUT2D eigenvalue weighted by Crippen LogP contribution is 2.19. The van der Waals surface area contributed by atoms with Crippen LogP contribution in [0.4, 0.5) is 4.39 Å². The lowest BCUT2D eigenvalue weighted by atomic mass is 9.93. The Bertz CT molecular complexity index is 573. The quantitative estimate of drug-likeness (QED) is 0.809. The van der Waals surface area contributed by atoms with E-state index in [1.807, 2.05) is 20.8 Å². The number of aromatic amines is 1. The van der Waals surface area contributed by atoms with Crippen molar-refractivity contribution in [1.82, 2.24) is 9.78 Å². The van der Waals surface area contributed by atoms with E-state index in [4.69, 9.17) is 0 Å². The highest BCUT2D eigenvalue weighted by atomic mass is 19.1. The molecule has 2 aromatic rings. The van der Waals surface area contributed by atoms with Crippen molar-refractivity contribution in [3.05, 3.63) is 52.2 Å². The number of nitrogens with one attached hydrogen (secondary N) is 1. The molecule has 0 amide bonds. The second-order valence-electron chi connectivity index (χ2n) is 5.07. The van der Waals surface area contributed by atoms with Crippen molar-refractivity contribution in [2.75, 3.05) is 0 Å². The molecule has 0 aliphatic rings. The Labute approximate surface area is 98.9 Å². The molecule has 1 aromatic carbocycles. The van der Waals surface area contributed by atoms with Crippen LogP contribution in [0.1, 0.15) is 26.5 Å². The van der Waals surface area contributed by atoms with Gasteiger partial charge in [0.15, 0.2) is 0 Å². The van der Waals surface area contributed by atoms with Crippen LogP contribution in [-0.2, 0) is 5.41 Å². The van der Waals surface area contributed by atoms with E-state index < -0.39 is 0 Å². The summed E-state index contributed by atoms with van der Waals surface area (Å²) in [6.45, 7) is 6.06. The monoisotopic (exact) mass is 234 g/mol. The van der Waals surface area contributed by atoms with Crippen molar-refractivity contribution >= 4 is 0 Å². The number of nitrogens with zero attached hydrogens (tertiary/aromatic N) is 1. The lowest BCUT2D eigenvalue weighted by Gasteiger charge is -2.15. The topological polar surface area (TPSA) is 37.8 Å². The fourth-order valence-corrected chi connectivity index (χ4v) is 1.56. The van der Waals surface area contributed by atoms with Crippen LogP contribution >= 0.6 is 0 Å².